The lowest BCUT2D eigenvalue weighted by molar-refractivity contribution is -0.138. The number of ether oxygens (including phenoxy) is 2. The molecule has 0 saturated heterocycles. The first-order valence-corrected chi connectivity index (χ1v) is 7.00. The van der Waals surface area contributed by atoms with E-state index in [9.17, 15) is 0 Å². The van der Waals surface area contributed by atoms with Gasteiger partial charge in [-0.15, -0.1) is 0 Å². The van der Waals surface area contributed by atoms with E-state index in [1.165, 1.54) is 0 Å². The van der Waals surface area contributed by atoms with Crippen molar-refractivity contribution in [2.24, 2.45) is 5.41 Å². The molecule has 0 unspecified atom stereocenters. The quantitative estimate of drug-likeness (QED) is 0.455. The molecular formula is C14H32N2O2. The van der Waals surface area contributed by atoms with Crippen molar-refractivity contribution >= 4 is 0 Å². The van der Waals surface area contributed by atoms with E-state index in [4.69, 9.17) is 9.47 Å². The Labute approximate surface area is 113 Å². The first-order chi connectivity index (χ1) is 8.41. The number of nitrogens with zero attached hydrogens (tertiary/aromatic N) is 1. The molecule has 110 valence electrons. The summed E-state index contributed by atoms with van der Waals surface area (Å²) in [7, 11) is 4.23. The maximum absolute atomic E-state index is 5.51. The van der Waals surface area contributed by atoms with Crippen LogP contribution in [0.25, 0.3) is 0 Å². The van der Waals surface area contributed by atoms with Gasteiger partial charge in [-0.2, -0.15) is 0 Å². The topological polar surface area (TPSA) is 33.7 Å². The van der Waals surface area contributed by atoms with Crippen molar-refractivity contribution in [1.82, 2.24) is 10.2 Å². The second-order valence-electron chi connectivity index (χ2n) is 5.71. The average Bonchev–Trinajstić information content (AvgIpc) is 2.23. The SMILES string of the molecule is CCOC(CCNCC(C)(C)CN(C)C)OCC. The molecule has 0 aromatic rings. The van der Waals surface area contributed by atoms with Crippen molar-refractivity contribution in [1.29, 1.82) is 0 Å². The van der Waals surface area contributed by atoms with Gasteiger partial charge in [-0.25, -0.2) is 0 Å². The maximum Gasteiger partial charge on any atom is 0.158 e. The molecule has 1 N–H and O–H groups in total. The molecule has 0 heterocycles. The van der Waals surface area contributed by atoms with E-state index in [2.05, 4.69) is 38.2 Å². The third kappa shape index (κ3) is 9.83. The molecule has 18 heavy (non-hydrogen) atoms. The van der Waals surface area contributed by atoms with Gasteiger partial charge in [-0.1, -0.05) is 13.8 Å². The molecule has 0 aliphatic rings. The Bertz CT molecular complexity index is 190. The highest BCUT2D eigenvalue weighted by atomic mass is 16.7. The summed E-state index contributed by atoms with van der Waals surface area (Å²) in [6.07, 6.45) is 0.837. The van der Waals surface area contributed by atoms with Crippen LogP contribution in [0.1, 0.15) is 34.1 Å². The zero-order valence-electron chi connectivity index (χ0n) is 13.1. The number of rotatable bonds is 11. The molecular weight excluding hydrogens is 228 g/mol. The van der Waals surface area contributed by atoms with Crippen molar-refractivity contribution in [3.8, 4) is 0 Å². The standard InChI is InChI=1S/C14H32N2O2/c1-7-17-13(18-8-2)9-10-15-11-14(3,4)12-16(5)6/h13,15H,7-12H2,1-6H3. The van der Waals surface area contributed by atoms with Crippen LogP contribution >= 0.6 is 0 Å². The van der Waals surface area contributed by atoms with E-state index < -0.39 is 0 Å². The van der Waals surface area contributed by atoms with Crippen LogP contribution in [-0.2, 0) is 9.47 Å². The first kappa shape index (κ1) is 17.8. The smallest absolute Gasteiger partial charge is 0.158 e. The Kier molecular flexibility index (Phi) is 9.64. The lowest BCUT2D eigenvalue weighted by Gasteiger charge is -2.29. The first-order valence-electron chi connectivity index (χ1n) is 7.00. The predicted octanol–water partition coefficient (Wildman–Crippen LogP) is 1.95. The summed E-state index contributed by atoms with van der Waals surface area (Å²) in [5, 5.41) is 3.49. The molecule has 0 spiro atoms. The Morgan fingerprint density at radius 3 is 2.11 bits per heavy atom. The van der Waals surface area contributed by atoms with Gasteiger partial charge in [0.2, 0.25) is 0 Å². The van der Waals surface area contributed by atoms with Crippen LogP contribution in [-0.4, -0.2) is 58.1 Å². The fourth-order valence-corrected chi connectivity index (χ4v) is 2.15. The highest BCUT2D eigenvalue weighted by molar-refractivity contribution is 4.74. The van der Waals surface area contributed by atoms with Crippen LogP contribution in [0.5, 0.6) is 0 Å². The average molecular weight is 260 g/mol. The highest BCUT2D eigenvalue weighted by Gasteiger charge is 2.18. The van der Waals surface area contributed by atoms with Crippen LogP contribution in [0.15, 0.2) is 0 Å². The van der Waals surface area contributed by atoms with Gasteiger partial charge in [0, 0.05) is 32.7 Å². The van der Waals surface area contributed by atoms with Gasteiger partial charge in [-0.05, 0) is 39.9 Å². The van der Waals surface area contributed by atoms with E-state index >= 15 is 0 Å². The zero-order chi connectivity index (χ0) is 14.0. The van der Waals surface area contributed by atoms with Gasteiger partial charge < -0.3 is 19.7 Å². The molecule has 0 saturated carbocycles. The Hall–Kier alpha value is -0.160. The minimum Gasteiger partial charge on any atom is -0.353 e. The molecule has 0 bridgehead atoms. The molecule has 0 aliphatic carbocycles. The molecule has 0 aliphatic heterocycles. The van der Waals surface area contributed by atoms with E-state index in [0.717, 1.165) is 26.1 Å². The van der Waals surface area contributed by atoms with Crippen LogP contribution in [0.2, 0.25) is 0 Å². The Morgan fingerprint density at radius 1 is 1.11 bits per heavy atom. The summed E-state index contributed by atoms with van der Waals surface area (Å²) in [5.74, 6) is 0. The second-order valence-corrected chi connectivity index (χ2v) is 5.71. The fourth-order valence-electron chi connectivity index (χ4n) is 2.15. The highest BCUT2D eigenvalue weighted by Crippen LogP contribution is 2.14. The Balaban J connectivity index is 3.75. The molecule has 0 atom stereocenters. The normalized spacial score (nSPS) is 12.7. The summed E-state index contributed by atoms with van der Waals surface area (Å²) in [4.78, 5) is 2.23. The van der Waals surface area contributed by atoms with Gasteiger partial charge in [0.05, 0.1) is 0 Å². The lowest BCUT2D eigenvalue weighted by atomic mass is 9.93. The van der Waals surface area contributed by atoms with E-state index in [1.54, 1.807) is 0 Å². The van der Waals surface area contributed by atoms with Crippen molar-refractivity contribution in [3.05, 3.63) is 0 Å². The Morgan fingerprint density at radius 2 is 1.67 bits per heavy atom. The van der Waals surface area contributed by atoms with Gasteiger partial charge in [0.25, 0.3) is 0 Å². The summed E-state index contributed by atoms with van der Waals surface area (Å²) in [5.41, 5.74) is 0.288. The van der Waals surface area contributed by atoms with Crippen LogP contribution in [0.3, 0.4) is 0 Å². The molecule has 0 radical (unpaired) electrons. The summed E-state index contributed by atoms with van der Waals surface area (Å²) < 4.78 is 11.0. The minimum absolute atomic E-state index is 0.0653. The third-order valence-electron chi connectivity index (χ3n) is 2.61. The van der Waals surface area contributed by atoms with E-state index in [-0.39, 0.29) is 11.7 Å². The number of hydrogen-bond acceptors (Lipinski definition) is 4. The van der Waals surface area contributed by atoms with Gasteiger partial charge in [-0.3, -0.25) is 0 Å². The minimum atomic E-state index is -0.0653. The second kappa shape index (κ2) is 9.73. The van der Waals surface area contributed by atoms with Gasteiger partial charge in [0.1, 0.15) is 0 Å². The number of nitrogens with one attached hydrogen (secondary N) is 1. The van der Waals surface area contributed by atoms with E-state index in [1.807, 2.05) is 13.8 Å². The molecule has 0 aromatic heterocycles. The molecule has 0 amide bonds. The van der Waals surface area contributed by atoms with Crippen molar-refractivity contribution < 1.29 is 9.47 Å². The van der Waals surface area contributed by atoms with Crippen molar-refractivity contribution in [2.75, 3.05) is 46.9 Å². The van der Waals surface area contributed by atoms with Gasteiger partial charge in [0.15, 0.2) is 6.29 Å². The number of hydrogen-bond donors (Lipinski definition) is 1. The van der Waals surface area contributed by atoms with Crippen LogP contribution in [0, 0.1) is 5.41 Å². The summed E-state index contributed by atoms with van der Waals surface area (Å²) in [6, 6.07) is 0. The lowest BCUT2D eigenvalue weighted by Crippen LogP contribution is -2.38. The van der Waals surface area contributed by atoms with Crippen LogP contribution in [0.4, 0.5) is 0 Å². The van der Waals surface area contributed by atoms with Gasteiger partial charge >= 0.3 is 0 Å². The zero-order valence-corrected chi connectivity index (χ0v) is 13.1. The molecule has 0 fully saturated rings. The van der Waals surface area contributed by atoms with Crippen molar-refractivity contribution in [3.63, 3.8) is 0 Å². The van der Waals surface area contributed by atoms with Crippen LogP contribution < -0.4 is 5.32 Å². The maximum atomic E-state index is 5.51. The molecule has 4 heteroatoms. The summed E-state index contributed by atoms with van der Waals surface area (Å²) >= 11 is 0. The predicted molar refractivity (Wildman–Crippen MR) is 76.9 cm³/mol. The van der Waals surface area contributed by atoms with Crippen molar-refractivity contribution in [2.45, 2.75) is 40.4 Å². The van der Waals surface area contributed by atoms with E-state index in [0.29, 0.717) is 13.2 Å². The molecule has 4 nitrogen and oxygen atoms in total. The molecule has 0 rings (SSSR count). The molecule has 0 aromatic carbocycles. The third-order valence-corrected chi connectivity index (χ3v) is 2.61. The summed E-state index contributed by atoms with van der Waals surface area (Å²) in [6.45, 7) is 13.0. The fraction of sp³-hybridized carbons (Fsp3) is 1.00. The largest absolute Gasteiger partial charge is 0.353 e. The monoisotopic (exact) mass is 260 g/mol.